The molecular formula is C25H27NO. The largest absolute Gasteiger partial charge is 0.492 e. The molecule has 2 nitrogen and oxygen atoms in total. The lowest BCUT2D eigenvalue weighted by Gasteiger charge is -2.19. The van der Waals surface area contributed by atoms with Gasteiger partial charge >= 0.3 is 0 Å². The van der Waals surface area contributed by atoms with Crippen LogP contribution in [0.4, 0.5) is 5.69 Å². The average Bonchev–Trinajstić information content (AvgIpc) is 3.12. The van der Waals surface area contributed by atoms with Crippen molar-refractivity contribution in [3.63, 3.8) is 0 Å². The van der Waals surface area contributed by atoms with Crippen molar-refractivity contribution < 1.29 is 4.74 Å². The fraction of sp³-hybridized carbons (Fsp3) is 0.280. The molecule has 0 bridgehead atoms. The summed E-state index contributed by atoms with van der Waals surface area (Å²) in [7, 11) is 0. The number of hydrogen-bond donors (Lipinski definition) is 1. The lowest BCUT2D eigenvalue weighted by molar-refractivity contribution is 0.344. The van der Waals surface area contributed by atoms with Crippen LogP contribution >= 0.6 is 0 Å². The van der Waals surface area contributed by atoms with Crippen molar-refractivity contribution in [1.29, 1.82) is 0 Å². The van der Waals surface area contributed by atoms with E-state index in [2.05, 4.69) is 76.2 Å². The molecule has 0 radical (unpaired) electrons. The molecule has 1 heterocycles. The maximum atomic E-state index is 6.54. The molecule has 138 valence electrons. The van der Waals surface area contributed by atoms with E-state index in [0.717, 1.165) is 33.7 Å². The Morgan fingerprint density at radius 2 is 1.59 bits per heavy atom. The minimum absolute atomic E-state index is 0.228. The topological polar surface area (TPSA) is 35.2 Å². The molecule has 1 unspecified atom stereocenters. The molecule has 27 heavy (non-hydrogen) atoms. The number of anilines is 1. The quantitative estimate of drug-likeness (QED) is 0.566. The van der Waals surface area contributed by atoms with Crippen molar-refractivity contribution in [3.8, 4) is 16.9 Å². The summed E-state index contributed by atoms with van der Waals surface area (Å²) in [4.78, 5) is 0. The van der Waals surface area contributed by atoms with Gasteiger partial charge < -0.3 is 10.5 Å². The van der Waals surface area contributed by atoms with E-state index < -0.39 is 0 Å². The van der Waals surface area contributed by atoms with E-state index in [0.29, 0.717) is 12.5 Å². The molecule has 0 amide bonds. The zero-order valence-electron chi connectivity index (χ0n) is 16.5. The van der Waals surface area contributed by atoms with Gasteiger partial charge in [-0.1, -0.05) is 68.4 Å². The number of benzene rings is 3. The van der Waals surface area contributed by atoms with Crippen molar-refractivity contribution in [3.05, 3.63) is 82.4 Å². The van der Waals surface area contributed by atoms with E-state index in [-0.39, 0.29) is 5.92 Å². The Labute approximate surface area is 162 Å². The minimum Gasteiger partial charge on any atom is -0.492 e. The molecule has 2 N–H and O–H groups in total. The lowest BCUT2D eigenvalue weighted by atomic mass is 9.84. The van der Waals surface area contributed by atoms with Crippen LogP contribution in [-0.4, -0.2) is 6.61 Å². The van der Waals surface area contributed by atoms with Crippen LogP contribution < -0.4 is 10.5 Å². The van der Waals surface area contributed by atoms with Crippen LogP contribution in [-0.2, 0) is 0 Å². The first kappa shape index (κ1) is 17.7. The van der Waals surface area contributed by atoms with Gasteiger partial charge in [0.15, 0.2) is 0 Å². The first-order valence-corrected chi connectivity index (χ1v) is 9.69. The van der Waals surface area contributed by atoms with Gasteiger partial charge in [0.1, 0.15) is 5.75 Å². The lowest BCUT2D eigenvalue weighted by Crippen LogP contribution is -2.06. The van der Waals surface area contributed by atoms with E-state index in [1.807, 2.05) is 6.07 Å². The van der Waals surface area contributed by atoms with Gasteiger partial charge in [0, 0.05) is 22.7 Å². The molecule has 4 rings (SSSR count). The second-order valence-electron chi connectivity index (χ2n) is 7.83. The van der Waals surface area contributed by atoms with Crippen molar-refractivity contribution in [2.24, 2.45) is 0 Å². The molecule has 0 aromatic heterocycles. The third-order valence-corrected chi connectivity index (χ3v) is 5.87. The highest BCUT2D eigenvalue weighted by atomic mass is 16.5. The highest BCUT2D eigenvalue weighted by Crippen LogP contribution is 2.49. The smallest absolute Gasteiger partial charge is 0.131 e. The predicted octanol–water partition coefficient (Wildman–Crippen LogP) is 6.20. The van der Waals surface area contributed by atoms with E-state index in [1.165, 1.54) is 16.7 Å². The van der Waals surface area contributed by atoms with Crippen LogP contribution in [0.3, 0.4) is 0 Å². The van der Waals surface area contributed by atoms with Gasteiger partial charge in [0.2, 0.25) is 0 Å². The summed E-state index contributed by atoms with van der Waals surface area (Å²) >= 11 is 0. The minimum atomic E-state index is 0.228. The third-order valence-electron chi connectivity index (χ3n) is 5.87. The van der Waals surface area contributed by atoms with Crippen LogP contribution in [0.15, 0.2) is 54.6 Å². The van der Waals surface area contributed by atoms with Crippen LogP contribution in [0, 0.1) is 13.8 Å². The summed E-state index contributed by atoms with van der Waals surface area (Å²) in [6.07, 6.45) is 0. The van der Waals surface area contributed by atoms with Gasteiger partial charge in [0.05, 0.1) is 6.61 Å². The molecule has 0 saturated carbocycles. The van der Waals surface area contributed by atoms with Gasteiger partial charge in [-0.3, -0.25) is 0 Å². The molecule has 0 spiro atoms. The van der Waals surface area contributed by atoms with Gasteiger partial charge in [-0.2, -0.15) is 0 Å². The average molecular weight is 357 g/mol. The molecule has 1 atom stereocenters. The number of rotatable bonds is 3. The Balaban J connectivity index is 1.87. The second kappa shape index (κ2) is 6.77. The number of nitrogens with two attached hydrogens (primary N) is 1. The highest BCUT2D eigenvalue weighted by molar-refractivity contribution is 5.84. The van der Waals surface area contributed by atoms with Crippen LogP contribution in [0.2, 0.25) is 0 Å². The van der Waals surface area contributed by atoms with Crippen LogP contribution in [0.5, 0.6) is 5.75 Å². The summed E-state index contributed by atoms with van der Waals surface area (Å²) in [5.41, 5.74) is 15.9. The SMILES string of the molecule is Cc1c(N)c(C)c2c(c1-c1ccccc1)OCC2c1ccc(C(C)C)cc1. The monoisotopic (exact) mass is 357 g/mol. The summed E-state index contributed by atoms with van der Waals surface area (Å²) < 4.78 is 6.29. The summed E-state index contributed by atoms with van der Waals surface area (Å²) in [5, 5.41) is 0. The summed E-state index contributed by atoms with van der Waals surface area (Å²) in [6.45, 7) is 9.34. The summed E-state index contributed by atoms with van der Waals surface area (Å²) in [6, 6.07) is 19.4. The van der Waals surface area contributed by atoms with Gasteiger partial charge in [-0.25, -0.2) is 0 Å². The van der Waals surface area contributed by atoms with E-state index in [1.54, 1.807) is 0 Å². The first-order valence-electron chi connectivity index (χ1n) is 9.69. The zero-order chi connectivity index (χ0) is 19.1. The number of nitrogen functional groups attached to an aromatic ring is 1. The Morgan fingerprint density at radius 1 is 0.926 bits per heavy atom. The Hall–Kier alpha value is -2.74. The molecule has 0 aliphatic carbocycles. The molecule has 0 saturated heterocycles. The van der Waals surface area contributed by atoms with Crippen LogP contribution in [0.1, 0.15) is 53.5 Å². The van der Waals surface area contributed by atoms with Crippen molar-refractivity contribution in [2.45, 2.75) is 39.5 Å². The van der Waals surface area contributed by atoms with Gasteiger partial charge in [0.25, 0.3) is 0 Å². The fourth-order valence-electron chi connectivity index (χ4n) is 4.18. The first-order chi connectivity index (χ1) is 13.0. The molecular weight excluding hydrogens is 330 g/mol. The van der Waals surface area contributed by atoms with Crippen molar-refractivity contribution in [1.82, 2.24) is 0 Å². The van der Waals surface area contributed by atoms with Crippen molar-refractivity contribution in [2.75, 3.05) is 12.3 Å². The standard InChI is InChI=1S/C25H27NO/c1-15(2)18-10-12-19(13-11-18)21-14-27-25-22(20-8-6-5-7-9-20)16(3)24(26)17(4)23(21)25/h5-13,15,21H,14,26H2,1-4H3. The van der Waals surface area contributed by atoms with Gasteiger partial charge in [-0.15, -0.1) is 0 Å². The van der Waals surface area contributed by atoms with Gasteiger partial charge in [-0.05, 0) is 47.6 Å². The Kier molecular flexibility index (Phi) is 4.43. The molecule has 0 fully saturated rings. The Morgan fingerprint density at radius 3 is 2.22 bits per heavy atom. The molecule has 1 aliphatic heterocycles. The van der Waals surface area contributed by atoms with E-state index >= 15 is 0 Å². The molecule has 1 aliphatic rings. The second-order valence-corrected chi connectivity index (χ2v) is 7.83. The van der Waals surface area contributed by atoms with Crippen molar-refractivity contribution >= 4 is 5.69 Å². The number of fused-ring (bicyclic) bond motifs is 1. The molecule has 3 aromatic rings. The zero-order valence-corrected chi connectivity index (χ0v) is 16.5. The number of ether oxygens (including phenoxy) is 1. The third kappa shape index (κ3) is 2.90. The molecule has 2 heteroatoms. The van der Waals surface area contributed by atoms with E-state index in [9.17, 15) is 0 Å². The van der Waals surface area contributed by atoms with Crippen LogP contribution in [0.25, 0.3) is 11.1 Å². The predicted molar refractivity (Wildman–Crippen MR) is 114 cm³/mol. The molecule has 3 aromatic carbocycles. The number of hydrogen-bond acceptors (Lipinski definition) is 2. The maximum absolute atomic E-state index is 6.54. The van der Waals surface area contributed by atoms with E-state index in [4.69, 9.17) is 10.5 Å². The summed E-state index contributed by atoms with van der Waals surface area (Å²) in [5.74, 6) is 1.77. The Bertz CT molecular complexity index is 972. The fourth-order valence-corrected chi connectivity index (χ4v) is 4.18. The highest BCUT2D eigenvalue weighted by Gasteiger charge is 2.32. The normalized spacial score (nSPS) is 15.7. The maximum Gasteiger partial charge on any atom is 0.131 e.